The summed E-state index contributed by atoms with van der Waals surface area (Å²) in [5.74, 6) is 1.13. The van der Waals surface area contributed by atoms with Crippen molar-refractivity contribution >= 4 is 21.8 Å². The van der Waals surface area contributed by atoms with Gasteiger partial charge in [0.15, 0.2) is 6.10 Å². The molecule has 2 rings (SSSR count). The molecule has 1 aromatic carbocycles. The number of carbonyl (C=O) groups is 1. The molecular formula is C17H25BrN2O2. The topological polar surface area (TPSA) is 55.6 Å². The summed E-state index contributed by atoms with van der Waals surface area (Å²) in [6, 6.07) is 5.98. The van der Waals surface area contributed by atoms with Crippen LogP contribution in [0.4, 0.5) is 0 Å². The number of ether oxygens (including phenoxy) is 1. The number of hydrogen-bond acceptors (Lipinski definition) is 3. The number of amides is 1. The first-order valence-electron chi connectivity index (χ1n) is 7.85. The molecule has 4 nitrogen and oxygen atoms in total. The molecule has 0 radical (unpaired) electrons. The number of rotatable bonds is 4. The van der Waals surface area contributed by atoms with Crippen LogP contribution < -0.4 is 10.5 Å². The number of halogens is 1. The Kier molecular flexibility index (Phi) is 5.87. The molecule has 1 fully saturated rings. The quantitative estimate of drug-likeness (QED) is 0.887. The van der Waals surface area contributed by atoms with Gasteiger partial charge in [-0.1, -0.05) is 6.07 Å². The smallest absolute Gasteiger partial charge is 0.263 e. The average molecular weight is 369 g/mol. The molecule has 1 heterocycles. The van der Waals surface area contributed by atoms with Crippen LogP contribution in [0.15, 0.2) is 22.7 Å². The van der Waals surface area contributed by atoms with E-state index in [0.29, 0.717) is 11.7 Å². The van der Waals surface area contributed by atoms with Crippen molar-refractivity contribution in [2.45, 2.75) is 45.8 Å². The number of piperidine rings is 1. The summed E-state index contributed by atoms with van der Waals surface area (Å²) in [6.45, 7) is 7.38. The van der Waals surface area contributed by atoms with Gasteiger partial charge in [-0.2, -0.15) is 0 Å². The molecule has 0 bridgehead atoms. The number of hydrogen-bond donors (Lipinski definition) is 1. The average Bonchev–Trinajstić information content (AvgIpc) is 2.49. The van der Waals surface area contributed by atoms with Crippen molar-refractivity contribution in [3.63, 3.8) is 0 Å². The van der Waals surface area contributed by atoms with Crippen LogP contribution in [0.25, 0.3) is 0 Å². The summed E-state index contributed by atoms with van der Waals surface area (Å²) in [5, 5.41) is 0. The van der Waals surface area contributed by atoms with E-state index in [-0.39, 0.29) is 11.9 Å². The normalized spacial score (nSPS) is 21.3. The van der Waals surface area contributed by atoms with Crippen molar-refractivity contribution in [2.24, 2.45) is 11.7 Å². The van der Waals surface area contributed by atoms with Gasteiger partial charge < -0.3 is 15.4 Å². The lowest BCUT2D eigenvalue weighted by atomic mass is 9.92. The van der Waals surface area contributed by atoms with E-state index in [9.17, 15) is 4.79 Å². The second-order valence-electron chi connectivity index (χ2n) is 6.24. The van der Waals surface area contributed by atoms with Crippen LogP contribution in [0.3, 0.4) is 0 Å². The van der Waals surface area contributed by atoms with Crippen molar-refractivity contribution in [3.05, 3.63) is 28.2 Å². The highest BCUT2D eigenvalue weighted by Gasteiger charge is 2.29. The lowest BCUT2D eigenvalue weighted by Crippen LogP contribution is -2.48. The van der Waals surface area contributed by atoms with E-state index in [2.05, 4.69) is 15.9 Å². The Morgan fingerprint density at radius 1 is 1.45 bits per heavy atom. The molecule has 2 N–H and O–H groups in total. The lowest BCUT2D eigenvalue weighted by molar-refractivity contribution is -0.139. The van der Waals surface area contributed by atoms with Crippen molar-refractivity contribution in [1.82, 2.24) is 4.90 Å². The molecule has 1 amide bonds. The lowest BCUT2D eigenvalue weighted by Gasteiger charge is -2.35. The van der Waals surface area contributed by atoms with Crippen LogP contribution in [0.5, 0.6) is 5.75 Å². The van der Waals surface area contributed by atoms with Crippen LogP contribution in [-0.2, 0) is 4.79 Å². The van der Waals surface area contributed by atoms with E-state index in [4.69, 9.17) is 10.5 Å². The van der Waals surface area contributed by atoms with Crippen molar-refractivity contribution in [3.8, 4) is 5.75 Å². The molecular weight excluding hydrogens is 344 g/mol. The Morgan fingerprint density at radius 2 is 2.18 bits per heavy atom. The first-order valence-corrected chi connectivity index (χ1v) is 8.65. The maximum Gasteiger partial charge on any atom is 0.263 e. The summed E-state index contributed by atoms with van der Waals surface area (Å²) < 4.78 is 6.72. The van der Waals surface area contributed by atoms with Gasteiger partial charge in [-0.15, -0.1) is 0 Å². The standard InChI is InChI=1S/C17H25BrN2O2/c1-11-6-7-16(15(18)9-11)22-13(3)17(21)20-8-4-5-14(10-20)12(2)19/h6-7,9,12-14H,4-5,8,10,19H2,1-3H3/t12-,13+,14-/m0/s1. The largest absolute Gasteiger partial charge is 0.480 e. The van der Waals surface area contributed by atoms with E-state index in [0.717, 1.165) is 36.0 Å². The first kappa shape index (κ1) is 17.3. The highest BCUT2D eigenvalue weighted by molar-refractivity contribution is 9.10. The number of nitrogens with two attached hydrogens (primary N) is 1. The van der Waals surface area contributed by atoms with Gasteiger partial charge >= 0.3 is 0 Å². The van der Waals surface area contributed by atoms with Gasteiger partial charge in [0.05, 0.1) is 4.47 Å². The van der Waals surface area contributed by atoms with Gasteiger partial charge in [0.2, 0.25) is 0 Å². The monoisotopic (exact) mass is 368 g/mol. The SMILES string of the molecule is Cc1ccc(O[C@H](C)C(=O)N2CCC[C@H]([C@H](C)N)C2)c(Br)c1. The minimum atomic E-state index is -0.495. The fraction of sp³-hybridized carbons (Fsp3) is 0.588. The molecule has 0 aliphatic carbocycles. The molecule has 0 unspecified atom stereocenters. The maximum atomic E-state index is 12.6. The molecule has 122 valence electrons. The summed E-state index contributed by atoms with van der Waals surface area (Å²) in [4.78, 5) is 14.5. The Hall–Kier alpha value is -1.07. The molecule has 5 heteroatoms. The second-order valence-corrected chi connectivity index (χ2v) is 7.09. The van der Waals surface area contributed by atoms with Gasteiger partial charge in [0, 0.05) is 19.1 Å². The first-order chi connectivity index (χ1) is 10.4. The summed E-state index contributed by atoms with van der Waals surface area (Å²) >= 11 is 3.48. The van der Waals surface area contributed by atoms with Crippen molar-refractivity contribution in [2.75, 3.05) is 13.1 Å². The predicted molar refractivity (Wildman–Crippen MR) is 91.9 cm³/mol. The zero-order valence-electron chi connectivity index (χ0n) is 13.5. The van der Waals surface area contributed by atoms with Crippen LogP contribution in [0, 0.1) is 12.8 Å². The third-order valence-corrected chi connectivity index (χ3v) is 4.87. The number of carbonyl (C=O) groups excluding carboxylic acids is 1. The molecule has 3 atom stereocenters. The zero-order valence-corrected chi connectivity index (χ0v) is 15.1. The molecule has 0 saturated carbocycles. The Balaban J connectivity index is 1.99. The molecule has 0 aromatic heterocycles. The molecule has 1 aliphatic heterocycles. The molecule has 1 aliphatic rings. The third-order valence-electron chi connectivity index (χ3n) is 4.25. The Bertz CT molecular complexity index is 533. The van der Waals surface area contributed by atoms with Crippen LogP contribution in [0.1, 0.15) is 32.3 Å². The van der Waals surface area contributed by atoms with Crippen molar-refractivity contribution < 1.29 is 9.53 Å². The van der Waals surface area contributed by atoms with Crippen LogP contribution in [0.2, 0.25) is 0 Å². The highest BCUT2D eigenvalue weighted by atomic mass is 79.9. The summed E-state index contributed by atoms with van der Waals surface area (Å²) in [6.07, 6.45) is 1.62. The summed E-state index contributed by atoms with van der Waals surface area (Å²) in [7, 11) is 0. The van der Waals surface area contributed by atoms with Gasteiger partial charge in [0.1, 0.15) is 5.75 Å². The number of aryl methyl sites for hydroxylation is 1. The second kappa shape index (κ2) is 7.47. The Labute approximate surface area is 141 Å². The molecule has 22 heavy (non-hydrogen) atoms. The number of benzene rings is 1. The van der Waals surface area contributed by atoms with E-state index >= 15 is 0 Å². The van der Waals surface area contributed by atoms with Gasteiger partial charge in [-0.3, -0.25) is 4.79 Å². The van der Waals surface area contributed by atoms with Crippen LogP contribution in [-0.4, -0.2) is 36.0 Å². The molecule has 1 saturated heterocycles. The summed E-state index contributed by atoms with van der Waals surface area (Å²) in [5.41, 5.74) is 7.14. The zero-order chi connectivity index (χ0) is 16.3. The van der Waals surface area contributed by atoms with Gasteiger partial charge in [-0.25, -0.2) is 0 Å². The highest BCUT2D eigenvalue weighted by Crippen LogP contribution is 2.27. The van der Waals surface area contributed by atoms with Crippen LogP contribution >= 0.6 is 15.9 Å². The molecule has 0 spiro atoms. The van der Waals surface area contributed by atoms with Crippen molar-refractivity contribution in [1.29, 1.82) is 0 Å². The maximum absolute atomic E-state index is 12.6. The van der Waals surface area contributed by atoms with E-state index in [1.807, 2.05) is 43.9 Å². The minimum Gasteiger partial charge on any atom is -0.480 e. The Morgan fingerprint density at radius 3 is 2.82 bits per heavy atom. The fourth-order valence-electron chi connectivity index (χ4n) is 2.84. The number of nitrogens with zero attached hydrogens (tertiary/aromatic N) is 1. The minimum absolute atomic E-state index is 0.0397. The van der Waals surface area contributed by atoms with Gasteiger partial charge in [-0.05, 0) is 73.2 Å². The molecule has 1 aromatic rings. The third kappa shape index (κ3) is 4.23. The van der Waals surface area contributed by atoms with Gasteiger partial charge in [0.25, 0.3) is 5.91 Å². The predicted octanol–water partition coefficient (Wildman–Crippen LogP) is 3.11. The van der Waals surface area contributed by atoms with E-state index in [1.165, 1.54) is 0 Å². The fourth-order valence-corrected chi connectivity index (χ4v) is 3.43. The van der Waals surface area contributed by atoms with E-state index < -0.39 is 6.10 Å². The number of likely N-dealkylation sites (tertiary alicyclic amines) is 1. The van der Waals surface area contributed by atoms with E-state index in [1.54, 1.807) is 0 Å².